The molecule has 1 aliphatic carbocycles. The van der Waals surface area contributed by atoms with E-state index in [0.29, 0.717) is 33.2 Å². The average molecular weight is 412 g/mol. The zero-order valence-corrected chi connectivity index (χ0v) is 16.3. The van der Waals surface area contributed by atoms with Crippen molar-refractivity contribution in [2.45, 2.75) is 12.8 Å². The number of carbonyl (C=O) groups is 1. The highest BCUT2D eigenvalue weighted by atomic mass is 32.1. The van der Waals surface area contributed by atoms with E-state index in [1.807, 2.05) is 0 Å². The summed E-state index contributed by atoms with van der Waals surface area (Å²) in [5.74, 6) is 0.666. The van der Waals surface area contributed by atoms with E-state index in [4.69, 9.17) is 21.7 Å². The maximum Gasteiger partial charge on any atom is 0.314 e. The molecule has 0 aliphatic heterocycles. The predicted molar refractivity (Wildman–Crippen MR) is 107 cm³/mol. The van der Waals surface area contributed by atoms with Crippen molar-refractivity contribution in [3.63, 3.8) is 0 Å². The van der Waals surface area contributed by atoms with E-state index in [1.165, 1.54) is 23.9 Å². The van der Waals surface area contributed by atoms with Gasteiger partial charge in [0.2, 0.25) is 4.77 Å². The highest BCUT2D eigenvalue weighted by molar-refractivity contribution is 7.71. The smallest absolute Gasteiger partial charge is 0.314 e. The fourth-order valence-electron chi connectivity index (χ4n) is 2.67. The number of aromatic nitrogens is 3. The van der Waals surface area contributed by atoms with Gasteiger partial charge < -0.3 is 9.47 Å². The zero-order valence-electron chi connectivity index (χ0n) is 15.5. The molecule has 0 bridgehead atoms. The molecule has 2 aromatic carbocycles. The molecule has 1 fully saturated rings. The minimum absolute atomic E-state index is 0.00575. The van der Waals surface area contributed by atoms with Gasteiger partial charge in [-0.1, -0.05) is 0 Å². The number of hydrogen-bond donors (Lipinski definition) is 1. The molecule has 1 N–H and O–H groups in total. The van der Waals surface area contributed by atoms with Gasteiger partial charge in [0, 0.05) is 5.56 Å². The molecule has 1 heterocycles. The normalized spacial score (nSPS) is 13.6. The molecular formula is C20H17FN4O3S. The van der Waals surface area contributed by atoms with Crippen LogP contribution in [0.15, 0.2) is 47.6 Å². The first-order valence-electron chi connectivity index (χ1n) is 8.92. The van der Waals surface area contributed by atoms with Crippen LogP contribution in [0.2, 0.25) is 0 Å². The second-order valence-electron chi connectivity index (χ2n) is 6.52. The molecule has 4 rings (SSSR count). The Bertz CT molecular complexity index is 1130. The Morgan fingerprint density at radius 3 is 2.72 bits per heavy atom. The Hall–Kier alpha value is -3.33. The van der Waals surface area contributed by atoms with Crippen LogP contribution in [-0.4, -0.2) is 34.2 Å². The Labute approximate surface area is 170 Å². The fraction of sp³-hybridized carbons (Fsp3) is 0.200. The highest BCUT2D eigenvalue weighted by Crippen LogP contribution is 2.34. The molecule has 0 spiro atoms. The number of methoxy groups -OCH3 is 1. The van der Waals surface area contributed by atoms with Crippen LogP contribution >= 0.6 is 12.2 Å². The third-order valence-electron chi connectivity index (χ3n) is 4.38. The Morgan fingerprint density at radius 2 is 2.03 bits per heavy atom. The van der Waals surface area contributed by atoms with Crippen LogP contribution in [-0.2, 0) is 4.79 Å². The maximum atomic E-state index is 13.2. The number of esters is 1. The summed E-state index contributed by atoms with van der Waals surface area (Å²) in [5.41, 5.74) is 1.37. The summed E-state index contributed by atoms with van der Waals surface area (Å²) in [4.78, 5) is 11.9. The largest absolute Gasteiger partial charge is 0.493 e. The Balaban J connectivity index is 1.59. The number of aromatic amines is 1. The van der Waals surface area contributed by atoms with Gasteiger partial charge in [0.1, 0.15) is 5.82 Å². The van der Waals surface area contributed by atoms with E-state index >= 15 is 0 Å². The molecule has 29 heavy (non-hydrogen) atoms. The van der Waals surface area contributed by atoms with Gasteiger partial charge in [-0.15, -0.1) is 0 Å². The van der Waals surface area contributed by atoms with Gasteiger partial charge in [0.25, 0.3) is 0 Å². The van der Waals surface area contributed by atoms with Crippen LogP contribution in [0, 0.1) is 16.5 Å². The minimum atomic E-state index is -0.340. The lowest BCUT2D eigenvalue weighted by Crippen LogP contribution is -2.10. The summed E-state index contributed by atoms with van der Waals surface area (Å²) in [7, 11) is 1.50. The van der Waals surface area contributed by atoms with Crippen molar-refractivity contribution in [2.75, 3.05) is 7.11 Å². The molecule has 0 saturated heterocycles. The molecule has 1 saturated carbocycles. The van der Waals surface area contributed by atoms with Gasteiger partial charge in [0.05, 0.1) is 19.2 Å². The summed E-state index contributed by atoms with van der Waals surface area (Å²) >= 11 is 5.24. The number of benzene rings is 2. The highest BCUT2D eigenvalue weighted by Gasteiger charge is 2.32. The van der Waals surface area contributed by atoms with Crippen LogP contribution < -0.4 is 9.47 Å². The maximum absolute atomic E-state index is 13.2. The second-order valence-corrected chi connectivity index (χ2v) is 6.91. The molecule has 9 heteroatoms. The SMILES string of the molecule is COc1cc(/C=N\n2c(-c3ccc(F)cc3)n[nH]c2=S)ccc1OC(=O)C1CC1. The van der Waals surface area contributed by atoms with E-state index in [0.717, 1.165) is 12.8 Å². The summed E-state index contributed by atoms with van der Waals surface area (Å²) in [6, 6.07) is 11.0. The minimum Gasteiger partial charge on any atom is -0.493 e. The van der Waals surface area contributed by atoms with E-state index in [2.05, 4.69) is 15.3 Å². The van der Waals surface area contributed by atoms with Crippen LogP contribution in [0.5, 0.6) is 11.5 Å². The summed E-state index contributed by atoms with van der Waals surface area (Å²) < 4.78 is 25.6. The summed E-state index contributed by atoms with van der Waals surface area (Å²) in [6.45, 7) is 0. The van der Waals surface area contributed by atoms with Crippen molar-refractivity contribution < 1.29 is 18.7 Å². The molecule has 0 amide bonds. The summed E-state index contributed by atoms with van der Waals surface area (Å²) in [6.07, 6.45) is 3.31. The molecule has 0 radical (unpaired) electrons. The van der Waals surface area contributed by atoms with Crippen molar-refractivity contribution in [1.29, 1.82) is 0 Å². The predicted octanol–water partition coefficient (Wildman–Crippen LogP) is 3.95. The van der Waals surface area contributed by atoms with Crippen LogP contribution in [0.3, 0.4) is 0 Å². The first kappa shape index (κ1) is 19.0. The molecule has 0 atom stereocenters. The Kier molecular flexibility index (Phi) is 5.22. The number of nitrogens with zero attached hydrogens (tertiary/aromatic N) is 3. The monoisotopic (exact) mass is 412 g/mol. The third kappa shape index (κ3) is 4.24. The van der Waals surface area contributed by atoms with E-state index in [1.54, 1.807) is 36.5 Å². The first-order chi connectivity index (χ1) is 14.0. The van der Waals surface area contributed by atoms with Gasteiger partial charge in [-0.3, -0.25) is 4.79 Å². The third-order valence-corrected chi connectivity index (χ3v) is 4.65. The number of nitrogens with one attached hydrogen (secondary N) is 1. The van der Waals surface area contributed by atoms with Crippen molar-refractivity contribution in [1.82, 2.24) is 14.9 Å². The van der Waals surface area contributed by atoms with Gasteiger partial charge in [-0.05, 0) is 73.1 Å². The molecule has 7 nitrogen and oxygen atoms in total. The Morgan fingerprint density at radius 1 is 1.28 bits per heavy atom. The van der Waals surface area contributed by atoms with Crippen molar-refractivity contribution in [3.8, 4) is 22.9 Å². The number of carbonyl (C=O) groups excluding carboxylic acids is 1. The number of ether oxygens (including phenoxy) is 2. The zero-order chi connectivity index (χ0) is 20.4. The van der Waals surface area contributed by atoms with Gasteiger partial charge >= 0.3 is 5.97 Å². The number of H-pyrrole nitrogens is 1. The second kappa shape index (κ2) is 7.96. The van der Waals surface area contributed by atoms with Crippen LogP contribution in [0.4, 0.5) is 4.39 Å². The topological polar surface area (TPSA) is 81.5 Å². The van der Waals surface area contributed by atoms with E-state index in [9.17, 15) is 9.18 Å². The standard InChI is InChI=1S/C20H17FN4O3S/c1-27-17-10-12(2-9-16(17)28-19(26)14-3-4-14)11-22-25-18(23-24-20(25)29)13-5-7-15(21)8-6-13/h2,5-11,14H,3-4H2,1H3,(H,24,29)/b22-11-. The molecule has 1 aliphatic rings. The van der Waals surface area contributed by atoms with Gasteiger partial charge in [-0.2, -0.15) is 14.9 Å². The van der Waals surface area contributed by atoms with E-state index in [-0.39, 0.29) is 17.7 Å². The molecule has 148 valence electrons. The van der Waals surface area contributed by atoms with Crippen molar-refractivity contribution in [3.05, 3.63) is 58.6 Å². The fourth-order valence-corrected chi connectivity index (χ4v) is 2.85. The number of hydrogen-bond acceptors (Lipinski definition) is 6. The molecular weight excluding hydrogens is 395 g/mol. The lowest BCUT2D eigenvalue weighted by atomic mass is 10.2. The lowest BCUT2D eigenvalue weighted by molar-refractivity contribution is -0.135. The van der Waals surface area contributed by atoms with Crippen molar-refractivity contribution in [2.24, 2.45) is 11.0 Å². The molecule has 1 aromatic heterocycles. The molecule has 0 unspecified atom stereocenters. The van der Waals surface area contributed by atoms with Gasteiger partial charge in [-0.25, -0.2) is 9.49 Å². The quantitative estimate of drug-likeness (QED) is 0.287. The van der Waals surface area contributed by atoms with Crippen LogP contribution in [0.1, 0.15) is 18.4 Å². The van der Waals surface area contributed by atoms with Gasteiger partial charge in [0.15, 0.2) is 17.3 Å². The number of rotatable bonds is 6. The van der Waals surface area contributed by atoms with E-state index < -0.39 is 0 Å². The average Bonchev–Trinajstić information content (AvgIpc) is 3.51. The lowest BCUT2D eigenvalue weighted by Gasteiger charge is -2.09. The van der Waals surface area contributed by atoms with Crippen molar-refractivity contribution >= 4 is 24.4 Å². The number of halogens is 1. The first-order valence-corrected chi connectivity index (χ1v) is 9.33. The molecule has 3 aromatic rings. The summed E-state index contributed by atoms with van der Waals surface area (Å²) in [5, 5.41) is 11.2. The van der Waals surface area contributed by atoms with Crippen LogP contribution in [0.25, 0.3) is 11.4 Å².